The van der Waals surface area contributed by atoms with Crippen molar-refractivity contribution in [1.29, 1.82) is 0 Å². The second-order valence-electron chi connectivity index (χ2n) is 6.23. The largest absolute Gasteiger partial charge is 0.493 e. The molecule has 0 amide bonds. The topological polar surface area (TPSA) is 63.2 Å². The molecule has 1 unspecified atom stereocenters. The van der Waals surface area contributed by atoms with Crippen molar-refractivity contribution in [2.24, 2.45) is 0 Å². The molecule has 1 atom stereocenters. The number of allylic oxidation sites excluding steroid dienone is 2. The highest BCUT2D eigenvalue weighted by atomic mass is 16.7. The number of methoxy groups -OCH3 is 3. The quantitative estimate of drug-likeness (QED) is 0.391. The lowest BCUT2D eigenvalue weighted by Gasteiger charge is -2.17. The molecule has 0 saturated carbocycles. The maximum absolute atomic E-state index is 12.2. The molecule has 0 aliphatic heterocycles. The Bertz CT molecular complexity index is 901. The summed E-state index contributed by atoms with van der Waals surface area (Å²) in [7, 11) is 4.72. The fraction of sp³-hybridized carbons (Fsp3) is 0.292. The van der Waals surface area contributed by atoms with E-state index >= 15 is 0 Å². The zero-order valence-electron chi connectivity index (χ0n) is 18.0. The van der Waals surface area contributed by atoms with Gasteiger partial charge in [-0.2, -0.15) is 0 Å². The van der Waals surface area contributed by atoms with Gasteiger partial charge in [-0.15, -0.1) is 0 Å². The minimum absolute atomic E-state index is 0.147. The van der Waals surface area contributed by atoms with E-state index in [2.05, 4.69) is 0 Å². The van der Waals surface area contributed by atoms with Crippen molar-refractivity contribution >= 4 is 17.9 Å². The molecule has 6 heteroatoms. The van der Waals surface area contributed by atoms with Crippen LogP contribution < -0.4 is 18.9 Å². The third kappa shape index (κ3) is 6.67. The summed E-state index contributed by atoms with van der Waals surface area (Å²) in [5.74, 6) is 2.24. The highest BCUT2D eigenvalue weighted by Gasteiger charge is 2.09. The number of ketones is 1. The molecular weight excluding hydrogens is 384 g/mol. The fourth-order valence-electron chi connectivity index (χ4n) is 2.71. The standard InChI is InChI=1S/C24H28O6/c1-6-29-17(2)30-24-16-19(10-14-22(24)27-4)8-12-20(25)11-7-18-9-13-21(26-3)23(15-18)28-5/h7-17H,6H2,1-5H3/b11-7+,12-8+. The summed E-state index contributed by atoms with van der Waals surface area (Å²) in [6, 6.07) is 10.9. The van der Waals surface area contributed by atoms with Gasteiger partial charge in [0.15, 0.2) is 35.1 Å². The summed E-state index contributed by atoms with van der Waals surface area (Å²) in [5, 5.41) is 0. The van der Waals surface area contributed by atoms with E-state index < -0.39 is 6.29 Å². The lowest BCUT2D eigenvalue weighted by atomic mass is 10.1. The molecule has 0 aliphatic carbocycles. The summed E-state index contributed by atoms with van der Waals surface area (Å²) >= 11 is 0. The maximum Gasteiger partial charge on any atom is 0.197 e. The summed E-state index contributed by atoms with van der Waals surface area (Å²) in [6.07, 6.45) is 6.03. The number of ether oxygens (including phenoxy) is 5. The van der Waals surface area contributed by atoms with Crippen LogP contribution in [0, 0.1) is 0 Å². The van der Waals surface area contributed by atoms with Gasteiger partial charge in [-0.05, 0) is 61.4 Å². The molecule has 2 rings (SSSR count). The maximum atomic E-state index is 12.2. The molecule has 0 aromatic heterocycles. The van der Waals surface area contributed by atoms with Gasteiger partial charge in [0, 0.05) is 6.61 Å². The van der Waals surface area contributed by atoms with Crippen LogP contribution in [0.25, 0.3) is 12.2 Å². The van der Waals surface area contributed by atoms with Gasteiger partial charge in [-0.3, -0.25) is 4.79 Å². The van der Waals surface area contributed by atoms with Crippen LogP contribution in [0.5, 0.6) is 23.0 Å². The molecule has 0 heterocycles. The molecule has 2 aromatic carbocycles. The lowest BCUT2D eigenvalue weighted by Crippen LogP contribution is -2.16. The van der Waals surface area contributed by atoms with E-state index in [9.17, 15) is 4.79 Å². The van der Waals surface area contributed by atoms with Crippen LogP contribution in [0.3, 0.4) is 0 Å². The molecule has 0 aliphatic rings. The predicted octanol–water partition coefficient (Wildman–Crippen LogP) is 4.77. The predicted molar refractivity (Wildman–Crippen MR) is 117 cm³/mol. The van der Waals surface area contributed by atoms with E-state index in [0.717, 1.165) is 11.1 Å². The first-order valence-corrected chi connectivity index (χ1v) is 9.59. The summed E-state index contributed by atoms with van der Waals surface area (Å²) < 4.78 is 27.0. The van der Waals surface area contributed by atoms with Crippen LogP contribution in [0.15, 0.2) is 48.6 Å². The fourth-order valence-corrected chi connectivity index (χ4v) is 2.71. The summed E-state index contributed by atoms with van der Waals surface area (Å²) in [4.78, 5) is 12.2. The minimum atomic E-state index is -0.408. The minimum Gasteiger partial charge on any atom is -0.493 e. The van der Waals surface area contributed by atoms with E-state index in [1.165, 1.54) is 12.2 Å². The van der Waals surface area contributed by atoms with Gasteiger partial charge >= 0.3 is 0 Å². The Morgan fingerprint density at radius 2 is 1.33 bits per heavy atom. The van der Waals surface area contributed by atoms with Crippen LogP contribution in [0.2, 0.25) is 0 Å². The molecule has 0 N–H and O–H groups in total. The third-order valence-corrected chi connectivity index (χ3v) is 4.17. The van der Waals surface area contributed by atoms with Gasteiger partial charge in [-0.25, -0.2) is 0 Å². The van der Waals surface area contributed by atoms with Gasteiger partial charge in [0.1, 0.15) is 0 Å². The van der Waals surface area contributed by atoms with Crippen molar-refractivity contribution in [3.05, 3.63) is 59.7 Å². The van der Waals surface area contributed by atoms with Gasteiger partial charge in [0.2, 0.25) is 0 Å². The van der Waals surface area contributed by atoms with E-state index in [1.807, 2.05) is 26.0 Å². The number of carbonyl (C=O) groups is 1. The van der Waals surface area contributed by atoms with Gasteiger partial charge in [-0.1, -0.05) is 24.3 Å². The first kappa shape index (κ1) is 23.0. The monoisotopic (exact) mass is 412 g/mol. The Kier molecular flexibility index (Phi) is 8.97. The normalized spacial score (nSPS) is 12.2. The molecule has 30 heavy (non-hydrogen) atoms. The van der Waals surface area contributed by atoms with E-state index in [4.69, 9.17) is 23.7 Å². The Hall–Kier alpha value is -3.25. The van der Waals surface area contributed by atoms with Crippen LogP contribution >= 0.6 is 0 Å². The van der Waals surface area contributed by atoms with Crippen molar-refractivity contribution in [2.75, 3.05) is 27.9 Å². The molecule has 0 radical (unpaired) electrons. The Labute approximate surface area is 177 Å². The van der Waals surface area contributed by atoms with E-state index in [1.54, 1.807) is 57.7 Å². The van der Waals surface area contributed by atoms with Crippen molar-refractivity contribution < 1.29 is 28.5 Å². The number of benzene rings is 2. The Morgan fingerprint density at radius 3 is 1.83 bits per heavy atom. The zero-order chi connectivity index (χ0) is 21.9. The lowest BCUT2D eigenvalue weighted by molar-refractivity contribution is -0.110. The van der Waals surface area contributed by atoms with Crippen molar-refractivity contribution in [1.82, 2.24) is 0 Å². The van der Waals surface area contributed by atoms with Crippen molar-refractivity contribution in [3.8, 4) is 23.0 Å². The smallest absolute Gasteiger partial charge is 0.197 e. The first-order chi connectivity index (χ1) is 14.5. The molecule has 0 spiro atoms. The van der Waals surface area contributed by atoms with Crippen LogP contribution in [-0.2, 0) is 9.53 Å². The highest BCUT2D eigenvalue weighted by molar-refractivity contribution is 6.04. The number of carbonyl (C=O) groups excluding carboxylic acids is 1. The first-order valence-electron chi connectivity index (χ1n) is 9.59. The van der Waals surface area contributed by atoms with E-state index in [-0.39, 0.29) is 5.78 Å². The van der Waals surface area contributed by atoms with Gasteiger partial charge in [0.05, 0.1) is 21.3 Å². The molecule has 6 nitrogen and oxygen atoms in total. The van der Waals surface area contributed by atoms with Crippen LogP contribution in [0.4, 0.5) is 0 Å². The SMILES string of the molecule is CCOC(C)Oc1cc(/C=C/C(=O)/C=C/c2ccc(OC)c(OC)c2)ccc1OC. The average molecular weight is 412 g/mol. The molecule has 0 fully saturated rings. The molecule has 0 saturated heterocycles. The van der Waals surface area contributed by atoms with E-state index in [0.29, 0.717) is 29.6 Å². The number of hydrogen-bond acceptors (Lipinski definition) is 6. The molecule has 2 aromatic rings. The second-order valence-corrected chi connectivity index (χ2v) is 6.23. The van der Waals surface area contributed by atoms with Crippen LogP contribution in [0.1, 0.15) is 25.0 Å². The summed E-state index contributed by atoms with van der Waals surface area (Å²) in [5.41, 5.74) is 1.64. The molecule has 0 bridgehead atoms. The van der Waals surface area contributed by atoms with Crippen molar-refractivity contribution in [2.45, 2.75) is 20.1 Å². The third-order valence-electron chi connectivity index (χ3n) is 4.17. The molecule has 160 valence electrons. The zero-order valence-corrected chi connectivity index (χ0v) is 18.0. The van der Waals surface area contributed by atoms with Crippen molar-refractivity contribution in [3.63, 3.8) is 0 Å². The van der Waals surface area contributed by atoms with Gasteiger partial charge < -0.3 is 23.7 Å². The summed E-state index contributed by atoms with van der Waals surface area (Å²) in [6.45, 7) is 4.26. The Morgan fingerprint density at radius 1 is 0.833 bits per heavy atom. The number of hydrogen-bond donors (Lipinski definition) is 0. The Balaban J connectivity index is 2.09. The second kappa shape index (κ2) is 11.7. The van der Waals surface area contributed by atoms with Crippen LogP contribution in [-0.4, -0.2) is 40.0 Å². The highest BCUT2D eigenvalue weighted by Crippen LogP contribution is 2.30. The van der Waals surface area contributed by atoms with Gasteiger partial charge in [0.25, 0.3) is 0 Å². The molecular formula is C24H28O6. The average Bonchev–Trinajstić information content (AvgIpc) is 2.76. The number of rotatable bonds is 11.